The zero-order valence-electron chi connectivity index (χ0n) is 9.81. The third-order valence-corrected chi connectivity index (χ3v) is 2.78. The van der Waals surface area contributed by atoms with Gasteiger partial charge in [0.15, 0.2) is 0 Å². The molecule has 0 atom stereocenters. The van der Waals surface area contributed by atoms with Crippen molar-refractivity contribution in [1.82, 2.24) is 9.97 Å². The van der Waals surface area contributed by atoms with E-state index in [1.807, 2.05) is 31.2 Å². The number of rotatable bonds is 3. The summed E-state index contributed by atoms with van der Waals surface area (Å²) < 4.78 is 0. The standard InChI is InChI=1S/C13H11ClN4/c1-9-3-2-4-11(18-9)8-17-13-12(14)10(7-15)5-6-16-13/h2-6H,8H2,1H3,(H,16,17). The third kappa shape index (κ3) is 2.76. The highest BCUT2D eigenvalue weighted by molar-refractivity contribution is 6.34. The van der Waals surface area contributed by atoms with Gasteiger partial charge in [0.25, 0.3) is 0 Å². The monoisotopic (exact) mass is 258 g/mol. The number of hydrogen-bond donors (Lipinski definition) is 1. The van der Waals surface area contributed by atoms with Crippen molar-refractivity contribution < 1.29 is 0 Å². The van der Waals surface area contributed by atoms with Gasteiger partial charge in [-0.05, 0) is 25.1 Å². The molecule has 0 bridgehead atoms. The van der Waals surface area contributed by atoms with Gasteiger partial charge in [0.2, 0.25) is 0 Å². The van der Waals surface area contributed by atoms with Crippen LogP contribution in [0.25, 0.3) is 0 Å². The van der Waals surface area contributed by atoms with Crippen LogP contribution in [0.2, 0.25) is 5.02 Å². The minimum absolute atomic E-state index is 0.340. The summed E-state index contributed by atoms with van der Waals surface area (Å²) in [6.45, 7) is 2.45. The van der Waals surface area contributed by atoms with Gasteiger partial charge in [0, 0.05) is 11.9 Å². The summed E-state index contributed by atoms with van der Waals surface area (Å²) in [6, 6.07) is 9.40. The van der Waals surface area contributed by atoms with E-state index in [0.29, 0.717) is 22.9 Å². The van der Waals surface area contributed by atoms with E-state index < -0.39 is 0 Å². The predicted octanol–water partition coefficient (Wildman–Crippen LogP) is 2.92. The molecule has 0 radical (unpaired) electrons. The van der Waals surface area contributed by atoms with Gasteiger partial charge in [-0.2, -0.15) is 5.26 Å². The lowest BCUT2D eigenvalue weighted by molar-refractivity contribution is 1.00. The van der Waals surface area contributed by atoms with E-state index in [9.17, 15) is 0 Å². The topological polar surface area (TPSA) is 61.6 Å². The number of hydrogen-bond acceptors (Lipinski definition) is 4. The number of nitriles is 1. The molecule has 0 fully saturated rings. The maximum Gasteiger partial charge on any atom is 0.146 e. The number of nitrogens with zero attached hydrogens (tertiary/aromatic N) is 3. The summed E-state index contributed by atoms with van der Waals surface area (Å²) in [7, 11) is 0. The molecule has 5 heteroatoms. The van der Waals surface area contributed by atoms with Crippen molar-refractivity contribution >= 4 is 17.4 Å². The van der Waals surface area contributed by atoms with Gasteiger partial charge in [-0.15, -0.1) is 0 Å². The summed E-state index contributed by atoms with van der Waals surface area (Å²) in [5, 5.41) is 12.3. The fourth-order valence-electron chi connectivity index (χ4n) is 1.53. The average molecular weight is 259 g/mol. The Balaban J connectivity index is 2.14. The first-order valence-electron chi connectivity index (χ1n) is 5.41. The quantitative estimate of drug-likeness (QED) is 0.920. The first-order valence-corrected chi connectivity index (χ1v) is 5.79. The summed E-state index contributed by atoms with van der Waals surface area (Å²) in [5.74, 6) is 0.499. The molecule has 0 saturated carbocycles. The Morgan fingerprint density at radius 3 is 2.94 bits per heavy atom. The van der Waals surface area contributed by atoms with Gasteiger partial charge in [-0.1, -0.05) is 17.7 Å². The van der Waals surface area contributed by atoms with E-state index in [0.717, 1.165) is 11.4 Å². The molecule has 0 spiro atoms. The predicted molar refractivity (Wildman–Crippen MR) is 70.3 cm³/mol. The van der Waals surface area contributed by atoms with E-state index >= 15 is 0 Å². The second-order valence-electron chi connectivity index (χ2n) is 3.76. The molecule has 0 amide bonds. The van der Waals surface area contributed by atoms with Gasteiger partial charge >= 0.3 is 0 Å². The van der Waals surface area contributed by atoms with Crippen LogP contribution >= 0.6 is 11.6 Å². The number of anilines is 1. The van der Waals surface area contributed by atoms with E-state index in [1.54, 1.807) is 12.3 Å². The lowest BCUT2D eigenvalue weighted by Crippen LogP contribution is -2.04. The molecule has 0 saturated heterocycles. The zero-order chi connectivity index (χ0) is 13.0. The smallest absolute Gasteiger partial charge is 0.146 e. The first kappa shape index (κ1) is 12.3. The molecule has 0 aromatic carbocycles. The van der Waals surface area contributed by atoms with Gasteiger partial charge in [0.1, 0.15) is 16.9 Å². The van der Waals surface area contributed by atoms with Crippen LogP contribution in [0.15, 0.2) is 30.5 Å². The Bertz CT molecular complexity index is 604. The fourth-order valence-corrected chi connectivity index (χ4v) is 1.75. The van der Waals surface area contributed by atoms with E-state index in [-0.39, 0.29) is 0 Å². The van der Waals surface area contributed by atoms with Crippen molar-refractivity contribution in [3.05, 3.63) is 52.4 Å². The molecule has 0 aliphatic rings. The minimum Gasteiger partial charge on any atom is -0.363 e. The highest BCUT2D eigenvalue weighted by atomic mass is 35.5. The van der Waals surface area contributed by atoms with Crippen LogP contribution in [0.1, 0.15) is 17.0 Å². The first-order chi connectivity index (χ1) is 8.70. The fraction of sp³-hybridized carbons (Fsp3) is 0.154. The Morgan fingerprint density at radius 2 is 2.22 bits per heavy atom. The second-order valence-corrected chi connectivity index (χ2v) is 4.13. The van der Waals surface area contributed by atoms with Crippen molar-refractivity contribution in [3.63, 3.8) is 0 Å². The second kappa shape index (κ2) is 5.48. The SMILES string of the molecule is Cc1cccc(CNc2nccc(C#N)c2Cl)n1. The van der Waals surface area contributed by atoms with Crippen LogP contribution in [0.5, 0.6) is 0 Å². The van der Waals surface area contributed by atoms with Crippen LogP contribution in [0.3, 0.4) is 0 Å². The molecule has 18 heavy (non-hydrogen) atoms. The van der Waals surface area contributed by atoms with Crippen molar-refractivity contribution in [2.45, 2.75) is 13.5 Å². The van der Waals surface area contributed by atoms with Crippen molar-refractivity contribution in [3.8, 4) is 6.07 Å². The number of pyridine rings is 2. The van der Waals surface area contributed by atoms with Gasteiger partial charge in [-0.3, -0.25) is 4.98 Å². The van der Waals surface area contributed by atoms with Crippen LogP contribution in [0.4, 0.5) is 5.82 Å². The van der Waals surface area contributed by atoms with E-state index in [1.165, 1.54) is 0 Å². The van der Waals surface area contributed by atoms with Gasteiger partial charge in [-0.25, -0.2) is 4.98 Å². The van der Waals surface area contributed by atoms with Crippen LogP contribution in [-0.2, 0) is 6.54 Å². The Morgan fingerprint density at radius 1 is 1.39 bits per heavy atom. The molecule has 2 rings (SSSR count). The van der Waals surface area contributed by atoms with Crippen LogP contribution in [-0.4, -0.2) is 9.97 Å². The van der Waals surface area contributed by atoms with Crippen LogP contribution < -0.4 is 5.32 Å². The highest BCUT2D eigenvalue weighted by Crippen LogP contribution is 2.22. The molecule has 0 aliphatic heterocycles. The molecule has 0 aliphatic carbocycles. The highest BCUT2D eigenvalue weighted by Gasteiger charge is 2.06. The molecule has 2 aromatic rings. The number of aryl methyl sites for hydroxylation is 1. The summed E-state index contributed by atoms with van der Waals surface area (Å²) in [6.07, 6.45) is 1.55. The molecule has 4 nitrogen and oxygen atoms in total. The summed E-state index contributed by atoms with van der Waals surface area (Å²) in [5.41, 5.74) is 2.26. The van der Waals surface area contributed by atoms with Crippen molar-refractivity contribution in [1.29, 1.82) is 5.26 Å². The lowest BCUT2D eigenvalue weighted by Gasteiger charge is -2.07. The van der Waals surface area contributed by atoms with Gasteiger partial charge in [0.05, 0.1) is 17.8 Å². The molecule has 2 aromatic heterocycles. The molecule has 2 heterocycles. The zero-order valence-corrected chi connectivity index (χ0v) is 10.6. The Hall–Kier alpha value is -2.12. The minimum atomic E-state index is 0.340. The van der Waals surface area contributed by atoms with Crippen molar-refractivity contribution in [2.75, 3.05) is 5.32 Å². The number of nitrogens with one attached hydrogen (secondary N) is 1. The molecular formula is C13H11ClN4. The Labute approximate surface area is 110 Å². The number of aromatic nitrogens is 2. The van der Waals surface area contributed by atoms with Gasteiger partial charge < -0.3 is 5.32 Å². The lowest BCUT2D eigenvalue weighted by atomic mass is 10.2. The van der Waals surface area contributed by atoms with E-state index in [2.05, 4.69) is 15.3 Å². The summed E-state index contributed by atoms with van der Waals surface area (Å²) >= 11 is 6.04. The third-order valence-electron chi connectivity index (χ3n) is 2.39. The normalized spacial score (nSPS) is 9.83. The average Bonchev–Trinajstić information content (AvgIpc) is 2.38. The molecule has 0 unspecified atom stereocenters. The summed E-state index contributed by atoms with van der Waals surface area (Å²) in [4.78, 5) is 8.46. The maximum absolute atomic E-state index is 8.86. The molecular weight excluding hydrogens is 248 g/mol. The largest absolute Gasteiger partial charge is 0.363 e. The molecule has 1 N–H and O–H groups in total. The maximum atomic E-state index is 8.86. The van der Waals surface area contributed by atoms with Crippen LogP contribution in [0, 0.1) is 18.3 Å². The molecule has 90 valence electrons. The Kier molecular flexibility index (Phi) is 3.75. The van der Waals surface area contributed by atoms with E-state index in [4.69, 9.17) is 16.9 Å². The number of halogens is 1. The van der Waals surface area contributed by atoms with Crippen molar-refractivity contribution in [2.24, 2.45) is 0 Å².